The van der Waals surface area contributed by atoms with Crippen LogP contribution in [0.5, 0.6) is 11.5 Å². The molecule has 0 aliphatic carbocycles. The first-order valence-electron chi connectivity index (χ1n) is 9.90. The van der Waals surface area contributed by atoms with Crippen LogP contribution in [0.3, 0.4) is 0 Å². The third-order valence-electron chi connectivity index (χ3n) is 5.08. The van der Waals surface area contributed by atoms with E-state index in [1.807, 2.05) is 19.1 Å². The Bertz CT molecular complexity index is 834. The van der Waals surface area contributed by atoms with Gasteiger partial charge in [-0.1, -0.05) is 12.1 Å². The average molecular weight is 400 g/mol. The molecule has 0 saturated carbocycles. The monoisotopic (exact) mass is 400 g/mol. The van der Waals surface area contributed by atoms with E-state index in [4.69, 9.17) is 14.2 Å². The van der Waals surface area contributed by atoms with Gasteiger partial charge in [-0.05, 0) is 55.6 Å². The van der Waals surface area contributed by atoms with Gasteiger partial charge >= 0.3 is 5.69 Å². The molecular weight excluding hydrogens is 372 g/mol. The Hall–Kier alpha value is -2.64. The van der Waals surface area contributed by atoms with E-state index in [1.165, 1.54) is 11.6 Å². The third kappa shape index (κ3) is 5.92. The van der Waals surface area contributed by atoms with Crippen LogP contribution in [0.25, 0.3) is 0 Å². The van der Waals surface area contributed by atoms with Crippen molar-refractivity contribution in [3.05, 3.63) is 63.2 Å². The van der Waals surface area contributed by atoms with Crippen molar-refractivity contribution in [1.82, 2.24) is 4.90 Å². The molecule has 0 bridgehead atoms. The molecule has 0 aromatic heterocycles. The first-order valence-corrected chi connectivity index (χ1v) is 9.90. The molecule has 2 aromatic carbocycles. The predicted octanol–water partition coefficient (Wildman–Crippen LogP) is 3.76. The summed E-state index contributed by atoms with van der Waals surface area (Å²) in [6, 6.07) is 11.0. The van der Waals surface area contributed by atoms with Crippen molar-refractivity contribution in [3.8, 4) is 11.5 Å². The normalized spacial score (nSPS) is 14.6. The number of benzene rings is 2. The van der Waals surface area contributed by atoms with Gasteiger partial charge in [-0.3, -0.25) is 15.0 Å². The second-order valence-corrected chi connectivity index (χ2v) is 7.22. The molecular formula is C22H28N2O5. The van der Waals surface area contributed by atoms with Crippen molar-refractivity contribution < 1.29 is 19.1 Å². The molecule has 2 aromatic rings. The van der Waals surface area contributed by atoms with Crippen molar-refractivity contribution in [1.29, 1.82) is 0 Å². The number of nitro benzene ring substituents is 1. The number of rotatable bonds is 9. The molecule has 7 heteroatoms. The number of ether oxygens (including phenoxy) is 3. The lowest BCUT2D eigenvalue weighted by molar-refractivity contribution is -0.386. The maximum absolute atomic E-state index is 11.3. The first kappa shape index (κ1) is 21.1. The van der Waals surface area contributed by atoms with Crippen molar-refractivity contribution in [3.63, 3.8) is 0 Å². The molecule has 1 heterocycles. The van der Waals surface area contributed by atoms with E-state index in [0.29, 0.717) is 0 Å². The average Bonchev–Trinajstić information content (AvgIpc) is 2.73. The fourth-order valence-electron chi connectivity index (χ4n) is 3.48. The quantitative estimate of drug-likeness (QED) is 0.471. The highest BCUT2D eigenvalue weighted by Crippen LogP contribution is 2.30. The molecule has 1 aliphatic rings. The maximum Gasteiger partial charge on any atom is 0.311 e. The maximum atomic E-state index is 11.3. The molecule has 0 unspecified atom stereocenters. The summed E-state index contributed by atoms with van der Waals surface area (Å²) in [5, 5.41) is 11.3. The summed E-state index contributed by atoms with van der Waals surface area (Å²) in [5.74, 6) is 0.983. The summed E-state index contributed by atoms with van der Waals surface area (Å²) < 4.78 is 16.6. The molecule has 0 radical (unpaired) electrons. The Morgan fingerprint density at radius 1 is 1.14 bits per heavy atom. The summed E-state index contributed by atoms with van der Waals surface area (Å²) in [7, 11) is 1.62. The Kier molecular flexibility index (Phi) is 7.43. The van der Waals surface area contributed by atoms with Crippen LogP contribution >= 0.6 is 0 Å². The van der Waals surface area contributed by atoms with Crippen LogP contribution in [0.1, 0.15) is 23.1 Å². The van der Waals surface area contributed by atoms with E-state index in [0.717, 1.165) is 62.6 Å². The predicted molar refractivity (Wildman–Crippen MR) is 111 cm³/mol. The van der Waals surface area contributed by atoms with Gasteiger partial charge in [0.05, 0.1) is 25.2 Å². The van der Waals surface area contributed by atoms with Gasteiger partial charge in [0.1, 0.15) is 12.4 Å². The van der Waals surface area contributed by atoms with Crippen LogP contribution in [0.4, 0.5) is 5.69 Å². The molecule has 156 valence electrons. The lowest BCUT2D eigenvalue weighted by Gasteiger charge is -2.26. The van der Waals surface area contributed by atoms with E-state index < -0.39 is 4.92 Å². The van der Waals surface area contributed by atoms with Gasteiger partial charge in [0.15, 0.2) is 5.75 Å². The van der Waals surface area contributed by atoms with Gasteiger partial charge in [0, 0.05) is 24.7 Å². The SMILES string of the molecule is COc1ccc(CCCN2CCOCC2)cc1COc1ccc(C)cc1[N+](=O)[O-]. The molecule has 3 rings (SSSR count). The Labute approximate surface area is 171 Å². The summed E-state index contributed by atoms with van der Waals surface area (Å²) >= 11 is 0. The molecule has 0 amide bonds. The van der Waals surface area contributed by atoms with E-state index in [1.54, 1.807) is 13.2 Å². The number of methoxy groups -OCH3 is 1. The molecule has 1 aliphatic heterocycles. The van der Waals surface area contributed by atoms with Gasteiger partial charge in [-0.15, -0.1) is 0 Å². The molecule has 7 nitrogen and oxygen atoms in total. The van der Waals surface area contributed by atoms with Crippen molar-refractivity contribution >= 4 is 5.69 Å². The molecule has 29 heavy (non-hydrogen) atoms. The number of nitro groups is 1. The van der Waals surface area contributed by atoms with Crippen molar-refractivity contribution in [2.75, 3.05) is 40.0 Å². The van der Waals surface area contributed by atoms with Crippen LogP contribution in [0, 0.1) is 17.0 Å². The van der Waals surface area contributed by atoms with E-state index in [9.17, 15) is 10.1 Å². The Morgan fingerprint density at radius 3 is 2.62 bits per heavy atom. The zero-order chi connectivity index (χ0) is 20.6. The van der Waals surface area contributed by atoms with Gasteiger partial charge < -0.3 is 14.2 Å². The highest BCUT2D eigenvalue weighted by atomic mass is 16.6. The summed E-state index contributed by atoms with van der Waals surface area (Å²) in [4.78, 5) is 13.3. The smallest absolute Gasteiger partial charge is 0.311 e. The number of hydrogen-bond acceptors (Lipinski definition) is 6. The lowest BCUT2D eigenvalue weighted by Crippen LogP contribution is -2.36. The van der Waals surface area contributed by atoms with Crippen molar-refractivity contribution in [2.24, 2.45) is 0 Å². The van der Waals surface area contributed by atoms with Crippen LogP contribution < -0.4 is 9.47 Å². The molecule has 1 saturated heterocycles. The first-order chi connectivity index (χ1) is 14.1. The molecule has 0 atom stereocenters. The fourth-order valence-corrected chi connectivity index (χ4v) is 3.48. The van der Waals surface area contributed by atoms with Crippen LogP contribution in [0.2, 0.25) is 0 Å². The lowest BCUT2D eigenvalue weighted by atomic mass is 10.1. The zero-order valence-corrected chi connectivity index (χ0v) is 17.1. The minimum atomic E-state index is -0.415. The minimum Gasteiger partial charge on any atom is -0.496 e. The third-order valence-corrected chi connectivity index (χ3v) is 5.08. The van der Waals surface area contributed by atoms with Crippen LogP contribution in [0.15, 0.2) is 36.4 Å². The minimum absolute atomic E-state index is 0.0226. The van der Waals surface area contributed by atoms with Gasteiger partial charge in [0.2, 0.25) is 0 Å². The number of hydrogen-bond donors (Lipinski definition) is 0. The topological polar surface area (TPSA) is 74.1 Å². The highest BCUT2D eigenvalue weighted by molar-refractivity contribution is 5.48. The molecule has 0 N–H and O–H groups in total. The van der Waals surface area contributed by atoms with E-state index in [-0.39, 0.29) is 18.0 Å². The summed E-state index contributed by atoms with van der Waals surface area (Å²) in [6.45, 7) is 6.71. The van der Waals surface area contributed by atoms with Gasteiger partial charge in [-0.25, -0.2) is 0 Å². The second kappa shape index (κ2) is 10.2. The van der Waals surface area contributed by atoms with Gasteiger partial charge in [-0.2, -0.15) is 0 Å². The Morgan fingerprint density at radius 2 is 1.90 bits per heavy atom. The number of morpholine rings is 1. The summed E-state index contributed by atoms with van der Waals surface area (Å²) in [6.07, 6.45) is 2.02. The molecule has 0 spiro atoms. The molecule has 1 fully saturated rings. The van der Waals surface area contributed by atoms with Crippen LogP contribution in [-0.2, 0) is 17.8 Å². The highest BCUT2D eigenvalue weighted by Gasteiger charge is 2.16. The van der Waals surface area contributed by atoms with Gasteiger partial charge in [0.25, 0.3) is 0 Å². The Balaban J connectivity index is 1.64. The van der Waals surface area contributed by atoms with E-state index >= 15 is 0 Å². The zero-order valence-electron chi connectivity index (χ0n) is 17.1. The number of nitrogens with zero attached hydrogens (tertiary/aromatic N) is 2. The van der Waals surface area contributed by atoms with E-state index in [2.05, 4.69) is 17.0 Å². The van der Waals surface area contributed by atoms with Crippen LogP contribution in [-0.4, -0.2) is 49.8 Å². The number of aryl methyl sites for hydroxylation is 2. The standard InChI is InChI=1S/C22H28N2O5/c1-17-5-7-22(20(14-17)24(25)26)29-16-19-15-18(6-8-21(19)27-2)4-3-9-23-10-12-28-13-11-23/h5-8,14-15H,3-4,9-13,16H2,1-2H3. The largest absolute Gasteiger partial charge is 0.496 e. The fraction of sp³-hybridized carbons (Fsp3) is 0.455. The summed E-state index contributed by atoms with van der Waals surface area (Å²) in [5.41, 5.74) is 2.89. The second-order valence-electron chi connectivity index (χ2n) is 7.22. The van der Waals surface area contributed by atoms with Crippen molar-refractivity contribution in [2.45, 2.75) is 26.4 Å².